The van der Waals surface area contributed by atoms with Crippen LogP contribution in [0.4, 0.5) is 0 Å². The zero-order valence-corrected chi connectivity index (χ0v) is 9.50. The average molecular weight is 227 g/mol. The van der Waals surface area contributed by atoms with Crippen molar-refractivity contribution in [2.75, 3.05) is 13.2 Å². The van der Waals surface area contributed by atoms with Gasteiger partial charge in [0, 0.05) is 17.5 Å². The van der Waals surface area contributed by atoms with Gasteiger partial charge in [0.1, 0.15) is 0 Å². The van der Waals surface area contributed by atoms with Crippen LogP contribution < -0.4 is 0 Å². The maximum Gasteiger partial charge on any atom is 0.0919 e. The van der Waals surface area contributed by atoms with Gasteiger partial charge in [-0.2, -0.15) is 0 Å². The highest BCUT2D eigenvalue weighted by Gasteiger charge is 2.36. The topological polar surface area (TPSA) is 29.5 Å². The second kappa shape index (κ2) is 4.12. The SMILES string of the molecule is CC(O)(c1ccc(Cl)cc1)C1CCOC1. The lowest BCUT2D eigenvalue weighted by Gasteiger charge is -2.29. The minimum Gasteiger partial charge on any atom is -0.385 e. The predicted octanol–water partition coefficient (Wildman–Crippen LogP) is 2.58. The van der Waals surface area contributed by atoms with Crippen LogP contribution in [0.15, 0.2) is 24.3 Å². The van der Waals surface area contributed by atoms with Crippen LogP contribution in [0.3, 0.4) is 0 Å². The molecule has 1 fully saturated rings. The number of halogens is 1. The molecule has 82 valence electrons. The zero-order chi connectivity index (χ0) is 10.9. The Morgan fingerprint density at radius 2 is 2.07 bits per heavy atom. The largest absolute Gasteiger partial charge is 0.385 e. The summed E-state index contributed by atoms with van der Waals surface area (Å²) in [6.07, 6.45) is 0.912. The van der Waals surface area contributed by atoms with Gasteiger partial charge in [0.05, 0.1) is 12.2 Å². The number of hydrogen-bond acceptors (Lipinski definition) is 2. The number of hydrogen-bond donors (Lipinski definition) is 1. The first-order chi connectivity index (χ1) is 7.10. The Morgan fingerprint density at radius 1 is 1.40 bits per heavy atom. The summed E-state index contributed by atoms with van der Waals surface area (Å²) < 4.78 is 5.30. The molecule has 0 aliphatic carbocycles. The molecule has 0 bridgehead atoms. The van der Waals surface area contributed by atoms with E-state index in [0.717, 1.165) is 18.6 Å². The van der Waals surface area contributed by atoms with Crippen molar-refractivity contribution in [3.05, 3.63) is 34.9 Å². The zero-order valence-electron chi connectivity index (χ0n) is 8.74. The van der Waals surface area contributed by atoms with Crippen LogP contribution in [0.2, 0.25) is 5.02 Å². The fraction of sp³-hybridized carbons (Fsp3) is 0.500. The predicted molar refractivity (Wildman–Crippen MR) is 59.9 cm³/mol. The van der Waals surface area contributed by atoms with Crippen LogP contribution in [-0.2, 0) is 10.3 Å². The summed E-state index contributed by atoms with van der Waals surface area (Å²) in [5, 5.41) is 11.1. The van der Waals surface area contributed by atoms with Crippen LogP contribution in [0.25, 0.3) is 0 Å². The molecule has 15 heavy (non-hydrogen) atoms. The molecule has 1 saturated heterocycles. The Morgan fingerprint density at radius 3 is 2.60 bits per heavy atom. The highest BCUT2D eigenvalue weighted by molar-refractivity contribution is 6.30. The highest BCUT2D eigenvalue weighted by atomic mass is 35.5. The molecule has 1 aromatic rings. The number of benzene rings is 1. The fourth-order valence-electron chi connectivity index (χ4n) is 2.00. The third-order valence-electron chi connectivity index (χ3n) is 3.15. The van der Waals surface area contributed by atoms with E-state index < -0.39 is 5.60 Å². The van der Waals surface area contributed by atoms with E-state index in [1.807, 2.05) is 19.1 Å². The molecule has 0 saturated carbocycles. The molecular formula is C12H15ClO2. The standard InChI is InChI=1S/C12H15ClO2/c1-12(14,10-6-7-15-8-10)9-2-4-11(13)5-3-9/h2-5,10,14H,6-8H2,1H3. The molecule has 0 amide bonds. The first kappa shape index (κ1) is 10.9. The van der Waals surface area contributed by atoms with E-state index in [1.54, 1.807) is 12.1 Å². The molecule has 3 heteroatoms. The summed E-state index contributed by atoms with van der Waals surface area (Å²) >= 11 is 5.82. The molecule has 2 unspecified atom stereocenters. The summed E-state index contributed by atoms with van der Waals surface area (Å²) in [4.78, 5) is 0. The van der Waals surface area contributed by atoms with E-state index >= 15 is 0 Å². The lowest BCUT2D eigenvalue weighted by Crippen LogP contribution is -2.32. The molecule has 1 aliphatic rings. The Balaban J connectivity index is 2.23. The van der Waals surface area contributed by atoms with Gasteiger partial charge in [0.25, 0.3) is 0 Å². The molecule has 1 N–H and O–H groups in total. The van der Waals surface area contributed by atoms with Crippen molar-refractivity contribution in [2.45, 2.75) is 18.9 Å². The van der Waals surface area contributed by atoms with Crippen molar-refractivity contribution in [3.8, 4) is 0 Å². The minimum atomic E-state index is -0.818. The molecule has 0 spiro atoms. The quantitative estimate of drug-likeness (QED) is 0.840. The maximum absolute atomic E-state index is 10.5. The second-order valence-electron chi connectivity index (χ2n) is 4.21. The minimum absolute atomic E-state index is 0.179. The van der Waals surface area contributed by atoms with Gasteiger partial charge in [0.15, 0.2) is 0 Å². The number of aliphatic hydroxyl groups is 1. The van der Waals surface area contributed by atoms with Crippen LogP contribution in [0.5, 0.6) is 0 Å². The van der Waals surface area contributed by atoms with Gasteiger partial charge in [-0.1, -0.05) is 23.7 Å². The van der Waals surface area contributed by atoms with Gasteiger partial charge in [-0.3, -0.25) is 0 Å². The normalized spacial score (nSPS) is 25.1. The van der Waals surface area contributed by atoms with Crippen LogP contribution in [0.1, 0.15) is 18.9 Å². The first-order valence-corrected chi connectivity index (χ1v) is 5.54. The molecule has 1 aliphatic heterocycles. The van der Waals surface area contributed by atoms with Crippen molar-refractivity contribution < 1.29 is 9.84 Å². The molecule has 0 aromatic heterocycles. The number of rotatable bonds is 2. The van der Waals surface area contributed by atoms with E-state index in [9.17, 15) is 5.11 Å². The summed E-state index contributed by atoms with van der Waals surface area (Å²) in [6.45, 7) is 3.22. The molecule has 2 nitrogen and oxygen atoms in total. The van der Waals surface area contributed by atoms with Crippen molar-refractivity contribution in [2.24, 2.45) is 5.92 Å². The van der Waals surface area contributed by atoms with E-state index in [4.69, 9.17) is 16.3 Å². The van der Waals surface area contributed by atoms with E-state index in [2.05, 4.69) is 0 Å². The van der Waals surface area contributed by atoms with E-state index in [1.165, 1.54) is 0 Å². The van der Waals surface area contributed by atoms with E-state index in [-0.39, 0.29) is 5.92 Å². The smallest absolute Gasteiger partial charge is 0.0919 e. The Hall–Kier alpha value is -0.570. The Kier molecular flexibility index (Phi) is 3.01. The maximum atomic E-state index is 10.5. The second-order valence-corrected chi connectivity index (χ2v) is 4.65. The van der Waals surface area contributed by atoms with Gasteiger partial charge in [0.2, 0.25) is 0 Å². The van der Waals surface area contributed by atoms with Crippen molar-refractivity contribution >= 4 is 11.6 Å². The third-order valence-corrected chi connectivity index (χ3v) is 3.41. The summed E-state index contributed by atoms with van der Waals surface area (Å²) in [7, 11) is 0. The fourth-order valence-corrected chi connectivity index (χ4v) is 2.13. The van der Waals surface area contributed by atoms with Crippen molar-refractivity contribution in [3.63, 3.8) is 0 Å². The van der Waals surface area contributed by atoms with Gasteiger partial charge < -0.3 is 9.84 Å². The molecule has 2 rings (SSSR count). The molecule has 2 atom stereocenters. The van der Waals surface area contributed by atoms with Crippen LogP contribution in [0, 0.1) is 5.92 Å². The summed E-state index contributed by atoms with van der Waals surface area (Å²) in [6, 6.07) is 7.36. The van der Waals surface area contributed by atoms with E-state index in [0.29, 0.717) is 11.6 Å². The average Bonchev–Trinajstić information content (AvgIpc) is 2.71. The van der Waals surface area contributed by atoms with Crippen LogP contribution >= 0.6 is 11.6 Å². The number of ether oxygens (including phenoxy) is 1. The summed E-state index contributed by atoms with van der Waals surface area (Å²) in [5.41, 5.74) is 0.0866. The lowest BCUT2D eigenvalue weighted by atomic mass is 9.82. The highest BCUT2D eigenvalue weighted by Crippen LogP contribution is 2.34. The molecular weight excluding hydrogens is 212 g/mol. The molecule has 1 heterocycles. The third kappa shape index (κ3) is 2.17. The monoisotopic (exact) mass is 226 g/mol. The Labute approximate surface area is 94.8 Å². The van der Waals surface area contributed by atoms with Gasteiger partial charge >= 0.3 is 0 Å². The molecule has 0 radical (unpaired) electrons. The van der Waals surface area contributed by atoms with Crippen molar-refractivity contribution in [1.82, 2.24) is 0 Å². The van der Waals surface area contributed by atoms with Gasteiger partial charge in [-0.05, 0) is 31.0 Å². The van der Waals surface area contributed by atoms with Crippen molar-refractivity contribution in [1.29, 1.82) is 0 Å². The van der Waals surface area contributed by atoms with Gasteiger partial charge in [-0.15, -0.1) is 0 Å². The molecule has 1 aromatic carbocycles. The van der Waals surface area contributed by atoms with Gasteiger partial charge in [-0.25, -0.2) is 0 Å². The first-order valence-electron chi connectivity index (χ1n) is 5.17. The lowest BCUT2D eigenvalue weighted by molar-refractivity contribution is -0.00970. The Bertz CT molecular complexity index is 326. The van der Waals surface area contributed by atoms with Crippen LogP contribution in [-0.4, -0.2) is 18.3 Å². The summed E-state index contributed by atoms with van der Waals surface area (Å²) in [5.74, 6) is 0.179.